The Labute approximate surface area is 186 Å². The highest BCUT2D eigenvalue weighted by atomic mass is 127. The third-order valence-electron chi connectivity index (χ3n) is 4.56. The molecule has 1 saturated heterocycles. The second kappa shape index (κ2) is 12.9. The Morgan fingerprint density at radius 1 is 1.18 bits per heavy atom. The van der Waals surface area contributed by atoms with Crippen LogP contribution >= 0.6 is 24.0 Å². The lowest BCUT2D eigenvalue weighted by atomic mass is 9.92. The molecule has 1 amide bonds. The number of benzene rings is 1. The van der Waals surface area contributed by atoms with Crippen LogP contribution in [0.15, 0.2) is 29.3 Å². The first-order valence-corrected chi connectivity index (χ1v) is 10.0. The fourth-order valence-corrected chi connectivity index (χ4v) is 3.56. The molecule has 0 aliphatic carbocycles. The minimum absolute atomic E-state index is 0. The maximum atomic E-state index is 11.5. The fourth-order valence-electron chi connectivity index (χ4n) is 3.56. The van der Waals surface area contributed by atoms with Crippen molar-refractivity contribution < 1.29 is 9.53 Å². The predicted molar refractivity (Wildman–Crippen MR) is 125 cm³/mol. The molecular formula is C21H35IN4O2. The molecule has 1 aromatic rings. The summed E-state index contributed by atoms with van der Waals surface area (Å²) in [6.07, 6.45) is 1.28. The van der Waals surface area contributed by atoms with Crippen LogP contribution in [-0.2, 0) is 11.3 Å². The third-order valence-corrected chi connectivity index (χ3v) is 4.56. The van der Waals surface area contributed by atoms with E-state index in [1.165, 1.54) is 6.42 Å². The number of hydrogen-bond donors (Lipinski definition) is 2. The smallest absolute Gasteiger partial charge is 0.257 e. The summed E-state index contributed by atoms with van der Waals surface area (Å²) < 4.78 is 5.57. The summed E-state index contributed by atoms with van der Waals surface area (Å²) >= 11 is 0. The first kappa shape index (κ1) is 24.5. The Morgan fingerprint density at radius 2 is 1.86 bits per heavy atom. The lowest BCUT2D eigenvalue weighted by molar-refractivity contribution is -0.122. The van der Waals surface area contributed by atoms with Gasteiger partial charge in [-0.25, -0.2) is 4.99 Å². The molecule has 0 bridgehead atoms. The molecular weight excluding hydrogens is 467 g/mol. The lowest BCUT2D eigenvalue weighted by Crippen LogP contribution is -2.48. The highest BCUT2D eigenvalue weighted by Crippen LogP contribution is 2.21. The number of nitrogens with one attached hydrogen (secondary N) is 2. The third kappa shape index (κ3) is 8.24. The minimum atomic E-state index is -0.108. The summed E-state index contributed by atoms with van der Waals surface area (Å²) in [5.74, 6) is 2.93. The van der Waals surface area contributed by atoms with E-state index in [9.17, 15) is 4.79 Å². The molecule has 158 valence electrons. The van der Waals surface area contributed by atoms with E-state index in [1.54, 1.807) is 0 Å². The maximum absolute atomic E-state index is 11.5. The first-order valence-electron chi connectivity index (χ1n) is 10.0. The highest BCUT2D eigenvalue weighted by molar-refractivity contribution is 14.0. The van der Waals surface area contributed by atoms with Gasteiger partial charge in [0.2, 0.25) is 0 Å². The van der Waals surface area contributed by atoms with E-state index in [4.69, 9.17) is 9.73 Å². The van der Waals surface area contributed by atoms with Gasteiger partial charge in [0.25, 0.3) is 5.91 Å². The van der Waals surface area contributed by atoms with Crippen molar-refractivity contribution in [1.82, 2.24) is 15.5 Å². The van der Waals surface area contributed by atoms with Gasteiger partial charge in [-0.05, 0) is 49.8 Å². The van der Waals surface area contributed by atoms with E-state index in [0.717, 1.165) is 31.2 Å². The number of likely N-dealkylation sites (N-methyl/N-ethyl adjacent to an activating group) is 1. The van der Waals surface area contributed by atoms with E-state index in [2.05, 4.69) is 36.3 Å². The van der Waals surface area contributed by atoms with Crippen molar-refractivity contribution in [2.75, 3.05) is 32.8 Å². The van der Waals surface area contributed by atoms with Crippen LogP contribution in [0.2, 0.25) is 0 Å². The summed E-state index contributed by atoms with van der Waals surface area (Å²) in [6, 6.07) is 7.79. The zero-order valence-corrected chi connectivity index (χ0v) is 19.9. The van der Waals surface area contributed by atoms with Crippen molar-refractivity contribution in [3.05, 3.63) is 29.8 Å². The number of guanidine groups is 1. The number of carbonyl (C=O) groups excluding carboxylic acids is 1. The van der Waals surface area contributed by atoms with Crippen molar-refractivity contribution in [3.63, 3.8) is 0 Å². The number of nitrogens with zero attached hydrogens (tertiary/aromatic N) is 2. The molecule has 28 heavy (non-hydrogen) atoms. The second-order valence-electron chi connectivity index (χ2n) is 7.41. The van der Waals surface area contributed by atoms with Crippen LogP contribution in [0.25, 0.3) is 0 Å². The summed E-state index contributed by atoms with van der Waals surface area (Å²) in [4.78, 5) is 18.8. The van der Waals surface area contributed by atoms with Crippen LogP contribution in [-0.4, -0.2) is 49.6 Å². The molecule has 0 saturated carbocycles. The molecule has 1 aliphatic heterocycles. The molecule has 0 spiro atoms. The van der Waals surface area contributed by atoms with Gasteiger partial charge in [0, 0.05) is 26.2 Å². The van der Waals surface area contributed by atoms with Gasteiger partial charge >= 0.3 is 0 Å². The molecule has 7 heteroatoms. The standard InChI is InChI=1S/C21H34N4O2.HI/c1-5-22-20(26)15-27-19-9-7-8-18(11-19)12-24-21(23-6-2)25-13-16(3)10-17(4)14-25;/h7-9,11,16-17H,5-6,10,12-15H2,1-4H3,(H,22,26)(H,23,24);1H. The average molecular weight is 502 g/mol. The molecule has 0 aromatic heterocycles. The van der Waals surface area contributed by atoms with Gasteiger partial charge in [-0.15, -0.1) is 24.0 Å². The molecule has 6 nitrogen and oxygen atoms in total. The summed E-state index contributed by atoms with van der Waals surface area (Å²) in [5, 5.41) is 6.15. The van der Waals surface area contributed by atoms with E-state index in [0.29, 0.717) is 30.7 Å². The van der Waals surface area contributed by atoms with Crippen LogP contribution < -0.4 is 15.4 Å². The van der Waals surface area contributed by atoms with Crippen LogP contribution in [0.5, 0.6) is 5.75 Å². The van der Waals surface area contributed by atoms with E-state index in [1.807, 2.05) is 31.2 Å². The summed E-state index contributed by atoms with van der Waals surface area (Å²) in [7, 11) is 0. The highest BCUT2D eigenvalue weighted by Gasteiger charge is 2.23. The SMILES string of the molecule is CCNC(=O)COc1cccc(CN=C(NCC)N2CC(C)CC(C)C2)c1.I. The quantitative estimate of drug-likeness (QED) is 0.342. The Morgan fingerprint density at radius 3 is 2.50 bits per heavy atom. The van der Waals surface area contributed by atoms with Crippen LogP contribution in [0.1, 0.15) is 39.7 Å². The van der Waals surface area contributed by atoms with Crippen molar-refractivity contribution in [1.29, 1.82) is 0 Å². The van der Waals surface area contributed by atoms with Gasteiger partial charge in [-0.3, -0.25) is 4.79 Å². The van der Waals surface area contributed by atoms with Gasteiger partial charge in [-0.2, -0.15) is 0 Å². The first-order chi connectivity index (χ1) is 13.0. The predicted octanol–water partition coefficient (Wildman–Crippen LogP) is 3.26. The zero-order valence-electron chi connectivity index (χ0n) is 17.5. The lowest BCUT2D eigenvalue weighted by Gasteiger charge is -2.37. The minimum Gasteiger partial charge on any atom is -0.484 e. The molecule has 2 atom stereocenters. The second-order valence-corrected chi connectivity index (χ2v) is 7.41. The number of amides is 1. The molecule has 2 unspecified atom stereocenters. The topological polar surface area (TPSA) is 66.0 Å². The Balaban J connectivity index is 0.00000392. The Kier molecular flexibility index (Phi) is 11.3. The van der Waals surface area contributed by atoms with Crippen molar-refractivity contribution >= 4 is 35.8 Å². The molecule has 0 radical (unpaired) electrons. The van der Waals surface area contributed by atoms with E-state index < -0.39 is 0 Å². The van der Waals surface area contributed by atoms with Crippen molar-refractivity contribution in [3.8, 4) is 5.75 Å². The van der Waals surface area contributed by atoms with Crippen LogP contribution in [0, 0.1) is 11.8 Å². The number of ether oxygens (including phenoxy) is 1. The fraction of sp³-hybridized carbons (Fsp3) is 0.619. The molecule has 1 aromatic carbocycles. The molecule has 1 aliphatic rings. The Bertz CT molecular complexity index is 629. The van der Waals surface area contributed by atoms with Crippen molar-refractivity contribution in [2.45, 2.75) is 40.7 Å². The zero-order chi connectivity index (χ0) is 19.6. The normalized spacial score (nSPS) is 19.6. The average Bonchev–Trinajstić information content (AvgIpc) is 2.63. The van der Waals surface area contributed by atoms with E-state index in [-0.39, 0.29) is 36.5 Å². The van der Waals surface area contributed by atoms with Gasteiger partial charge in [0.15, 0.2) is 12.6 Å². The number of carbonyl (C=O) groups is 1. The number of likely N-dealkylation sites (tertiary alicyclic amines) is 1. The van der Waals surface area contributed by atoms with Crippen molar-refractivity contribution in [2.24, 2.45) is 16.8 Å². The number of halogens is 1. The molecule has 2 N–H and O–H groups in total. The van der Waals surface area contributed by atoms with Gasteiger partial charge in [-0.1, -0.05) is 26.0 Å². The monoisotopic (exact) mass is 502 g/mol. The summed E-state index contributed by atoms with van der Waals surface area (Å²) in [5.41, 5.74) is 1.07. The molecule has 1 fully saturated rings. The summed E-state index contributed by atoms with van der Waals surface area (Å²) in [6.45, 7) is 12.8. The van der Waals surface area contributed by atoms with Crippen LogP contribution in [0.3, 0.4) is 0 Å². The van der Waals surface area contributed by atoms with Crippen LogP contribution in [0.4, 0.5) is 0 Å². The largest absolute Gasteiger partial charge is 0.484 e. The van der Waals surface area contributed by atoms with Gasteiger partial charge in [0.1, 0.15) is 5.75 Å². The van der Waals surface area contributed by atoms with E-state index >= 15 is 0 Å². The number of aliphatic imine (C=N–C) groups is 1. The molecule has 2 rings (SSSR count). The Hall–Kier alpha value is -1.51. The number of piperidine rings is 1. The number of hydrogen-bond acceptors (Lipinski definition) is 3. The number of rotatable bonds is 7. The molecule has 1 heterocycles. The van der Waals surface area contributed by atoms with Gasteiger partial charge in [0.05, 0.1) is 6.54 Å². The maximum Gasteiger partial charge on any atom is 0.257 e. The van der Waals surface area contributed by atoms with Gasteiger partial charge < -0.3 is 20.3 Å².